The van der Waals surface area contributed by atoms with E-state index in [-0.39, 0.29) is 25.3 Å². The van der Waals surface area contributed by atoms with Crippen molar-refractivity contribution in [3.63, 3.8) is 0 Å². The quantitative estimate of drug-likeness (QED) is 0.163. The first-order valence-corrected chi connectivity index (χ1v) is 9.97. The Morgan fingerprint density at radius 1 is 0.935 bits per heavy atom. The monoisotopic (exact) mass is 435 g/mol. The fourth-order valence-corrected chi connectivity index (χ4v) is 2.54. The molecule has 7 N–H and O–H groups in total. The normalized spacial score (nSPS) is 12.3. The van der Waals surface area contributed by atoms with E-state index in [9.17, 15) is 19.2 Å². The molecule has 0 spiro atoms. The third-order valence-electron chi connectivity index (χ3n) is 4.12. The van der Waals surface area contributed by atoms with Crippen LogP contribution in [0.3, 0.4) is 0 Å². The lowest BCUT2D eigenvalue weighted by atomic mass is 9.92. The van der Waals surface area contributed by atoms with Crippen LogP contribution in [0.4, 0.5) is 0 Å². The molecule has 1 rings (SSSR count). The van der Waals surface area contributed by atoms with Gasteiger partial charge in [-0.15, -0.1) is 0 Å². The molecule has 2 atom stereocenters. The van der Waals surface area contributed by atoms with Crippen molar-refractivity contribution in [2.45, 2.75) is 32.4 Å². The van der Waals surface area contributed by atoms with Gasteiger partial charge in [-0.2, -0.15) is 0 Å². The van der Waals surface area contributed by atoms with Crippen LogP contribution in [0, 0.1) is 0 Å². The van der Waals surface area contributed by atoms with Crippen LogP contribution in [0.25, 0.3) is 0 Å². The van der Waals surface area contributed by atoms with Crippen molar-refractivity contribution in [2.24, 2.45) is 0 Å². The van der Waals surface area contributed by atoms with Crippen LogP contribution >= 0.6 is 0 Å². The van der Waals surface area contributed by atoms with E-state index in [2.05, 4.69) is 26.6 Å². The van der Waals surface area contributed by atoms with Gasteiger partial charge in [-0.25, -0.2) is 0 Å². The van der Waals surface area contributed by atoms with Gasteiger partial charge in [-0.1, -0.05) is 37.3 Å². The van der Waals surface area contributed by atoms with Gasteiger partial charge in [0.2, 0.25) is 23.6 Å². The first kappa shape index (κ1) is 26.1. The minimum absolute atomic E-state index is 0.0768. The summed E-state index contributed by atoms with van der Waals surface area (Å²) >= 11 is 0. The number of benzene rings is 1. The zero-order chi connectivity index (χ0) is 23.2. The van der Waals surface area contributed by atoms with Gasteiger partial charge in [0, 0.05) is 6.42 Å². The molecule has 31 heavy (non-hydrogen) atoms. The van der Waals surface area contributed by atoms with Gasteiger partial charge in [-0.05, 0) is 19.0 Å². The molecule has 1 aromatic carbocycles. The van der Waals surface area contributed by atoms with Gasteiger partial charge < -0.3 is 36.6 Å². The molecule has 0 saturated heterocycles. The number of carbonyl (C=O) groups is 4. The molecule has 170 valence electrons. The summed E-state index contributed by atoms with van der Waals surface area (Å²) in [7, 11) is -1.72. The average molecular weight is 435 g/mol. The van der Waals surface area contributed by atoms with E-state index in [0.717, 1.165) is 5.56 Å². The summed E-state index contributed by atoms with van der Waals surface area (Å²) in [5, 5.41) is 30.5. The van der Waals surface area contributed by atoms with Crippen molar-refractivity contribution in [1.29, 1.82) is 0 Å². The van der Waals surface area contributed by atoms with Crippen molar-refractivity contribution in [1.82, 2.24) is 26.6 Å². The van der Waals surface area contributed by atoms with Crippen LogP contribution < -0.4 is 26.6 Å². The highest BCUT2D eigenvalue weighted by Crippen LogP contribution is 2.03. The summed E-state index contributed by atoms with van der Waals surface area (Å²) in [6.45, 7) is 3.63. The molecule has 0 aromatic heterocycles. The topological polar surface area (TPSA) is 169 Å². The molecule has 0 radical (unpaired) electrons. The number of nitrogens with one attached hydrogen (secondary N) is 5. The third kappa shape index (κ3) is 11.1. The molecule has 0 bridgehead atoms. The SMILES string of the molecule is CCNCC(=O)NC(C)C(=O)NCC(=O)NC(Cc1ccccc1)C(=O)NCB(O)O. The van der Waals surface area contributed by atoms with Gasteiger partial charge >= 0.3 is 7.12 Å². The lowest BCUT2D eigenvalue weighted by Gasteiger charge is -2.19. The number of amides is 4. The molecule has 0 aliphatic carbocycles. The average Bonchev–Trinajstić information content (AvgIpc) is 2.74. The molecule has 12 heteroatoms. The van der Waals surface area contributed by atoms with Crippen molar-refractivity contribution >= 4 is 30.7 Å². The number of rotatable bonds is 13. The fourth-order valence-electron chi connectivity index (χ4n) is 2.54. The lowest BCUT2D eigenvalue weighted by molar-refractivity contribution is -0.131. The number of hydrogen-bond acceptors (Lipinski definition) is 7. The molecule has 0 aliphatic heterocycles. The minimum atomic E-state index is -1.72. The Labute approximate surface area is 181 Å². The standard InChI is InChI=1S/C19H30BN5O6/c1-3-21-10-16(26)24-13(2)18(28)22-11-17(27)25-15(19(29)23-12-20(30)31)9-14-7-5-4-6-8-14/h4-8,13,15,21,30-31H,3,9-12H2,1-2H3,(H,22,28)(H,23,29)(H,24,26)(H,25,27). The Bertz CT molecular complexity index is 734. The van der Waals surface area contributed by atoms with Crippen LogP contribution in [0.2, 0.25) is 0 Å². The van der Waals surface area contributed by atoms with Crippen molar-refractivity contribution in [2.75, 3.05) is 26.1 Å². The summed E-state index contributed by atoms with van der Waals surface area (Å²) in [5.41, 5.74) is 0.786. The Kier molecular flexibility index (Phi) is 11.9. The van der Waals surface area contributed by atoms with Gasteiger partial charge in [-0.3, -0.25) is 19.2 Å². The number of carbonyl (C=O) groups excluding carboxylic acids is 4. The van der Waals surface area contributed by atoms with Crippen LogP contribution in [-0.4, -0.2) is 79.0 Å². The van der Waals surface area contributed by atoms with Crippen molar-refractivity contribution < 1.29 is 29.2 Å². The Morgan fingerprint density at radius 3 is 2.19 bits per heavy atom. The van der Waals surface area contributed by atoms with E-state index < -0.39 is 43.5 Å². The lowest BCUT2D eigenvalue weighted by Crippen LogP contribution is -2.53. The van der Waals surface area contributed by atoms with E-state index in [4.69, 9.17) is 10.0 Å². The predicted octanol–water partition coefficient (Wildman–Crippen LogP) is -2.93. The molecule has 0 saturated carbocycles. The van der Waals surface area contributed by atoms with Gasteiger partial charge in [0.15, 0.2) is 0 Å². The molecule has 2 unspecified atom stereocenters. The highest BCUT2D eigenvalue weighted by molar-refractivity contribution is 6.41. The van der Waals surface area contributed by atoms with Crippen LogP contribution in [-0.2, 0) is 25.6 Å². The molecular weight excluding hydrogens is 405 g/mol. The van der Waals surface area contributed by atoms with Gasteiger partial charge in [0.05, 0.1) is 19.5 Å². The van der Waals surface area contributed by atoms with Crippen LogP contribution in [0.15, 0.2) is 30.3 Å². The maximum absolute atomic E-state index is 12.4. The second-order valence-corrected chi connectivity index (χ2v) is 6.82. The Morgan fingerprint density at radius 2 is 1.58 bits per heavy atom. The maximum Gasteiger partial charge on any atom is 0.472 e. The van der Waals surface area contributed by atoms with E-state index in [0.29, 0.717) is 6.54 Å². The third-order valence-corrected chi connectivity index (χ3v) is 4.12. The summed E-state index contributed by atoms with van der Waals surface area (Å²) in [6, 6.07) is 7.13. The highest BCUT2D eigenvalue weighted by Gasteiger charge is 2.23. The molecule has 0 heterocycles. The molecule has 1 aromatic rings. The summed E-state index contributed by atoms with van der Waals surface area (Å²) in [5.74, 6) is -2.10. The number of hydrogen-bond donors (Lipinski definition) is 7. The van der Waals surface area contributed by atoms with E-state index in [1.54, 1.807) is 24.3 Å². The summed E-state index contributed by atoms with van der Waals surface area (Å²) in [6.07, 6.45) is -0.217. The van der Waals surface area contributed by atoms with E-state index in [1.807, 2.05) is 13.0 Å². The number of likely N-dealkylation sites (N-methyl/N-ethyl adjacent to an activating group) is 1. The maximum atomic E-state index is 12.4. The first-order valence-electron chi connectivity index (χ1n) is 9.97. The Balaban J connectivity index is 2.59. The fraction of sp³-hybridized carbons (Fsp3) is 0.474. The van der Waals surface area contributed by atoms with Gasteiger partial charge in [0.1, 0.15) is 12.1 Å². The smallest absolute Gasteiger partial charge is 0.426 e. The largest absolute Gasteiger partial charge is 0.472 e. The minimum Gasteiger partial charge on any atom is -0.426 e. The zero-order valence-corrected chi connectivity index (χ0v) is 17.7. The van der Waals surface area contributed by atoms with Crippen LogP contribution in [0.5, 0.6) is 0 Å². The van der Waals surface area contributed by atoms with Crippen molar-refractivity contribution in [3.8, 4) is 0 Å². The second-order valence-electron chi connectivity index (χ2n) is 6.82. The second kappa shape index (κ2) is 14.1. The molecule has 11 nitrogen and oxygen atoms in total. The van der Waals surface area contributed by atoms with E-state index >= 15 is 0 Å². The molecular formula is C19H30BN5O6. The van der Waals surface area contributed by atoms with Gasteiger partial charge in [0.25, 0.3) is 0 Å². The Hall–Kier alpha value is -2.96. The predicted molar refractivity (Wildman–Crippen MR) is 114 cm³/mol. The van der Waals surface area contributed by atoms with Crippen molar-refractivity contribution in [3.05, 3.63) is 35.9 Å². The highest BCUT2D eigenvalue weighted by atomic mass is 16.4. The molecule has 0 fully saturated rings. The summed E-state index contributed by atoms with van der Waals surface area (Å²) < 4.78 is 0. The molecule has 4 amide bonds. The first-order chi connectivity index (χ1) is 14.7. The van der Waals surface area contributed by atoms with Crippen LogP contribution in [0.1, 0.15) is 19.4 Å². The zero-order valence-electron chi connectivity index (χ0n) is 17.7. The molecule has 0 aliphatic rings. The van der Waals surface area contributed by atoms with E-state index in [1.165, 1.54) is 6.92 Å². The summed E-state index contributed by atoms with van der Waals surface area (Å²) in [4.78, 5) is 48.4.